The molecule has 1 heterocycles. The summed E-state index contributed by atoms with van der Waals surface area (Å²) >= 11 is 0. The number of aliphatic hydroxyl groups is 1. The molecule has 0 saturated heterocycles. The largest absolute Gasteiger partial charge is 0.452 e. The molecule has 1 aliphatic heterocycles. The van der Waals surface area contributed by atoms with Crippen LogP contribution in [0.3, 0.4) is 0 Å². The fraction of sp³-hybridized carbons (Fsp3) is 0.208. The molecule has 0 spiro atoms. The summed E-state index contributed by atoms with van der Waals surface area (Å²) in [5.41, 5.74) is 1.84. The van der Waals surface area contributed by atoms with Crippen LogP contribution in [-0.4, -0.2) is 28.3 Å². The van der Waals surface area contributed by atoms with E-state index in [1.807, 2.05) is 81.4 Å². The van der Waals surface area contributed by atoms with E-state index in [1.54, 1.807) is 0 Å². The number of hydrogen-bond acceptors (Lipinski definition) is 4. The third-order valence-electron chi connectivity index (χ3n) is 3.94. The van der Waals surface area contributed by atoms with Crippen LogP contribution in [0.25, 0.3) is 11.4 Å². The first-order chi connectivity index (χ1) is 13.9. The lowest BCUT2D eigenvalue weighted by Crippen LogP contribution is -2.36. The molecule has 3 rings (SSSR count). The summed E-state index contributed by atoms with van der Waals surface area (Å²) in [6.45, 7) is 5.12. The summed E-state index contributed by atoms with van der Waals surface area (Å²) in [7, 11) is 0. The van der Waals surface area contributed by atoms with E-state index in [-0.39, 0.29) is 12.4 Å². The fourth-order valence-electron chi connectivity index (χ4n) is 2.81. The highest BCUT2D eigenvalue weighted by molar-refractivity contribution is 5.95. The maximum absolute atomic E-state index is 13.3. The van der Waals surface area contributed by atoms with E-state index in [4.69, 9.17) is 14.6 Å². The zero-order chi connectivity index (χ0) is 20.9. The highest BCUT2D eigenvalue weighted by Crippen LogP contribution is 2.37. The van der Waals surface area contributed by atoms with Gasteiger partial charge in [0.05, 0.1) is 5.70 Å². The standard InChI is InChI=1S/C24H23NO4/c1-24(2,3)29-23(27)25-20(18-11-6-4-7-12-18)17-28-21(15-10-16-26)22(25)19-13-8-5-9-14-19/h4-9,11-14,17,26H,16H2,1-3H3. The van der Waals surface area contributed by atoms with E-state index in [0.717, 1.165) is 11.1 Å². The maximum Gasteiger partial charge on any atom is 0.419 e. The number of ether oxygens (including phenoxy) is 2. The molecule has 2 aromatic rings. The second-order valence-corrected chi connectivity index (χ2v) is 7.31. The van der Waals surface area contributed by atoms with Gasteiger partial charge in [0.25, 0.3) is 0 Å². The molecule has 0 aliphatic carbocycles. The third kappa shape index (κ3) is 4.87. The van der Waals surface area contributed by atoms with Gasteiger partial charge < -0.3 is 14.6 Å². The van der Waals surface area contributed by atoms with Crippen molar-refractivity contribution >= 4 is 17.5 Å². The third-order valence-corrected chi connectivity index (χ3v) is 3.94. The van der Waals surface area contributed by atoms with Crippen LogP contribution in [0.15, 0.2) is 72.7 Å². The normalized spacial score (nSPS) is 13.8. The zero-order valence-electron chi connectivity index (χ0n) is 16.7. The van der Waals surface area contributed by atoms with Gasteiger partial charge in [0.2, 0.25) is 5.76 Å². The van der Waals surface area contributed by atoms with Crippen molar-refractivity contribution in [3.05, 3.63) is 83.8 Å². The molecule has 148 valence electrons. The Balaban J connectivity index is 2.19. The van der Waals surface area contributed by atoms with E-state index < -0.39 is 11.7 Å². The van der Waals surface area contributed by atoms with E-state index >= 15 is 0 Å². The minimum atomic E-state index is -0.685. The molecule has 5 nitrogen and oxygen atoms in total. The summed E-state index contributed by atoms with van der Waals surface area (Å²) in [6, 6.07) is 18.8. The highest BCUT2D eigenvalue weighted by atomic mass is 16.6. The van der Waals surface area contributed by atoms with Crippen LogP contribution < -0.4 is 0 Å². The SMILES string of the molecule is CC(C)(C)OC(=O)N1C(c2ccccc2)=COC(C#CCO)=C1c1ccccc1. The average Bonchev–Trinajstić information content (AvgIpc) is 2.71. The molecular formula is C24H23NO4. The average molecular weight is 389 g/mol. The minimum Gasteiger partial charge on any atom is -0.452 e. The Morgan fingerprint density at radius 1 is 1.03 bits per heavy atom. The summed E-state index contributed by atoms with van der Waals surface area (Å²) < 4.78 is 11.5. The van der Waals surface area contributed by atoms with Gasteiger partial charge in [-0.25, -0.2) is 9.69 Å². The van der Waals surface area contributed by atoms with E-state index in [0.29, 0.717) is 11.4 Å². The number of hydrogen-bond donors (Lipinski definition) is 1. The molecule has 0 bridgehead atoms. The molecule has 5 heteroatoms. The molecule has 0 radical (unpaired) electrons. The quantitative estimate of drug-likeness (QED) is 0.762. The summed E-state index contributed by atoms with van der Waals surface area (Å²) in [5.74, 6) is 5.66. The Bertz CT molecular complexity index is 990. The van der Waals surface area contributed by atoms with Crippen molar-refractivity contribution in [3.8, 4) is 11.8 Å². The highest BCUT2D eigenvalue weighted by Gasteiger charge is 2.34. The zero-order valence-corrected chi connectivity index (χ0v) is 16.7. The van der Waals surface area contributed by atoms with Crippen LogP contribution in [-0.2, 0) is 9.47 Å². The number of nitrogens with zero attached hydrogens (tertiary/aromatic N) is 1. The van der Waals surface area contributed by atoms with Crippen LogP contribution in [0.2, 0.25) is 0 Å². The number of carbonyl (C=O) groups is 1. The molecular weight excluding hydrogens is 366 g/mol. The van der Waals surface area contributed by atoms with Crippen LogP contribution >= 0.6 is 0 Å². The Hall–Kier alpha value is -3.49. The maximum atomic E-state index is 13.3. The van der Waals surface area contributed by atoms with E-state index in [2.05, 4.69) is 11.8 Å². The molecule has 1 aliphatic rings. The Kier molecular flexibility index (Phi) is 6.06. The first kappa shape index (κ1) is 20.2. The van der Waals surface area contributed by atoms with Crippen molar-refractivity contribution in [2.75, 3.05) is 6.61 Å². The number of amides is 1. The van der Waals surface area contributed by atoms with Crippen molar-refractivity contribution in [2.45, 2.75) is 26.4 Å². The van der Waals surface area contributed by atoms with Crippen molar-refractivity contribution in [3.63, 3.8) is 0 Å². The van der Waals surface area contributed by atoms with Crippen LogP contribution in [0.1, 0.15) is 31.9 Å². The van der Waals surface area contributed by atoms with Gasteiger partial charge in [0.1, 0.15) is 24.2 Å². The Morgan fingerprint density at radius 2 is 1.62 bits per heavy atom. The van der Waals surface area contributed by atoms with Crippen molar-refractivity contribution < 1.29 is 19.4 Å². The van der Waals surface area contributed by atoms with Gasteiger partial charge in [0, 0.05) is 11.1 Å². The smallest absolute Gasteiger partial charge is 0.419 e. The summed E-state index contributed by atoms with van der Waals surface area (Å²) in [6.07, 6.45) is 0.936. The Morgan fingerprint density at radius 3 is 2.17 bits per heavy atom. The lowest BCUT2D eigenvalue weighted by molar-refractivity contribution is 0.0416. The number of allylic oxidation sites excluding steroid dienone is 1. The topological polar surface area (TPSA) is 59.0 Å². The van der Waals surface area contributed by atoms with Crippen molar-refractivity contribution in [1.29, 1.82) is 0 Å². The second kappa shape index (κ2) is 8.68. The number of aliphatic hydroxyl groups excluding tert-OH is 1. The molecule has 1 amide bonds. The van der Waals surface area contributed by atoms with Crippen molar-refractivity contribution in [1.82, 2.24) is 4.90 Å². The Labute approximate surface area is 170 Å². The first-order valence-corrected chi connectivity index (χ1v) is 9.25. The van der Waals surface area contributed by atoms with Crippen LogP contribution in [0.5, 0.6) is 0 Å². The van der Waals surface area contributed by atoms with Gasteiger partial charge in [-0.05, 0) is 26.7 Å². The molecule has 0 unspecified atom stereocenters. The lowest BCUT2D eigenvalue weighted by atomic mass is 10.1. The fourth-order valence-corrected chi connectivity index (χ4v) is 2.81. The molecule has 1 N–H and O–H groups in total. The lowest BCUT2D eigenvalue weighted by Gasteiger charge is -2.33. The van der Waals surface area contributed by atoms with Gasteiger partial charge in [-0.2, -0.15) is 0 Å². The van der Waals surface area contributed by atoms with Gasteiger partial charge in [-0.1, -0.05) is 66.6 Å². The molecule has 29 heavy (non-hydrogen) atoms. The summed E-state index contributed by atoms with van der Waals surface area (Å²) in [5, 5.41) is 9.14. The van der Waals surface area contributed by atoms with Gasteiger partial charge in [-0.3, -0.25) is 0 Å². The molecule has 0 fully saturated rings. The van der Waals surface area contributed by atoms with Crippen molar-refractivity contribution in [2.24, 2.45) is 0 Å². The molecule has 0 aromatic heterocycles. The van der Waals surface area contributed by atoms with Gasteiger partial charge >= 0.3 is 6.09 Å². The first-order valence-electron chi connectivity index (χ1n) is 9.25. The van der Waals surface area contributed by atoms with Gasteiger partial charge in [-0.15, -0.1) is 0 Å². The van der Waals surface area contributed by atoms with Crippen LogP contribution in [0, 0.1) is 11.8 Å². The summed E-state index contributed by atoms with van der Waals surface area (Å²) in [4.78, 5) is 14.7. The monoisotopic (exact) mass is 389 g/mol. The van der Waals surface area contributed by atoms with E-state index in [1.165, 1.54) is 11.2 Å². The number of carbonyl (C=O) groups excluding carboxylic acids is 1. The molecule has 2 aromatic carbocycles. The molecule has 0 atom stereocenters. The number of benzene rings is 2. The molecule has 0 saturated carbocycles. The number of rotatable bonds is 2. The predicted octanol–water partition coefficient (Wildman–Crippen LogP) is 4.62. The van der Waals surface area contributed by atoms with Crippen LogP contribution in [0.4, 0.5) is 4.79 Å². The predicted molar refractivity (Wildman–Crippen MR) is 112 cm³/mol. The van der Waals surface area contributed by atoms with E-state index in [9.17, 15) is 4.79 Å². The van der Waals surface area contributed by atoms with Gasteiger partial charge in [0.15, 0.2) is 0 Å². The second-order valence-electron chi connectivity index (χ2n) is 7.31. The minimum absolute atomic E-state index is 0.260.